The van der Waals surface area contributed by atoms with Crippen molar-refractivity contribution in [1.82, 2.24) is 5.32 Å². The van der Waals surface area contributed by atoms with Gasteiger partial charge in [-0.1, -0.05) is 26.3 Å². The summed E-state index contributed by atoms with van der Waals surface area (Å²) >= 11 is 0. The maximum Gasteiger partial charge on any atom is 0.123 e. The topological polar surface area (TPSA) is 21.3 Å². The van der Waals surface area contributed by atoms with E-state index in [-0.39, 0.29) is 18.0 Å². The quantitative estimate of drug-likeness (QED) is 0.769. The van der Waals surface area contributed by atoms with Gasteiger partial charge in [-0.15, -0.1) is 0 Å². The lowest BCUT2D eigenvalue weighted by atomic mass is 9.94. The van der Waals surface area contributed by atoms with Gasteiger partial charge in [0.15, 0.2) is 0 Å². The standard InChI is InChI=1S/C16H26FNO/c1-5-8-15(19-7-3)16(18-6-2)14-10-9-13(17)11-12(14)4/h9-11,15-16,18H,5-8H2,1-4H3. The zero-order valence-corrected chi connectivity index (χ0v) is 12.5. The third kappa shape index (κ3) is 4.59. The molecule has 0 heterocycles. The highest BCUT2D eigenvalue weighted by molar-refractivity contribution is 5.30. The second kappa shape index (κ2) is 8.28. The lowest BCUT2D eigenvalue weighted by molar-refractivity contribution is 0.0278. The molecular formula is C16H26FNO. The van der Waals surface area contributed by atoms with E-state index in [9.17, 15) is 4.39 Å². The van der Waals surface area contributed by atoms with Gasteiger partial charge in [0.05, 0.1) is 12.1 Å². The van der Waals surface area contributed by atoms with Crippen LogP contribution in [0.25, 0.3) is 0 Å². The number of hydrogen-bond donors (Lipinski definition) is 1. The van der Waals surface area contributed by atoms with E-state index < -0.39 is 0 Å². The van der Waals surface area contributed by atoms with Gasteiger partial charge in [0, 0.05) is 6.61 Å². The monoisotopic (exact) mass is 267 g/mol. The number of nitrogens with one attached hydrogen (secondary N) is 1. The van der Waals surface area contributed by atoms with E-state index in [1.165, 1.54) is 6.07 Å². The first-order valence-electron chi connectivity index (χ1n) is 7.25. The summed E-state index contributed by atoms with van der Waals surface area (Å²) in [5.74, 6) is -0.181. The Balaban J connectivity index is 3.02. The van der Waals surface area contributed by atoms with Crippen LogP contribution in [0.4, 0.5) is 4.39 Å². The molecule has 1 aromatic rings. The average molecular weight is 267 g/mol. The van der Waals surface area contributed by atoms with Crippen LogP contribution in [0.2, 0.25) is 0 Å². The fraction of sp³-hybridized carbons (Fsp3) is 0.625. The predicted octanol–water partition coefficient (Wildman–Crippen LogP) is 3.99. The molecule has 3 heteroatoms. The Morgan fingerprint density at radius 2 is 2.00 bits per heavy atom. The molecule has 2 atom stereocenters. The summed E-state index contributed by atoms with van der Waals surface area (Å²) < 4.78 is 19.1. The molecule has 1 rings (SSSR count). The van der Waals surface area contributed by atoms with Gasteiger partial charge >= 0.3 is 0 Å². The Morgan fingerprint density at radius 1 is 1.26 bits per heavy atom. The normalized spacial score (nSPS) is 14.4. The van der Waals surface area contributed by atoms with Crippen LogP contribution in [0.1, 0.15) is 50.8 Å². The highest BCUT2D eigenvalue weighted by atomic mass is 19.1. The number of benzene rings is 1. The number of likely N-dealkylation sites (N-methyl/N-ethyl adjacent to an activating group) is 1. The van der Waals surface area contributed by atoms with Crippen molar-refractivity contribution in [2.24, 2.45) is 0 Å². The maximum absolute atomic E-state index is 13.2. The molecule has 0 radical (unpaired) electrons. The molecule has 108 valence electrons. The summed E-state index contributed by atoms with van der Waals surface area (Å²) in [5, 5.41) is 3.48. The van der Waals surface area contributed by atoms with Gasteiger partial charge in [0.1, 0.15) is 5.82 Å². The predicted molar refractivity (Wildman–Crippen MR) is 77.9 cm³/mol. The molecule has 0 saturated heterocycles. The van der Waals surface area contributed by atoms with E-state index in [1.54, 1.807) is 6.07 Å². The van der Waals surface area contributed by atoms with Crippen molar-refractivity contribution in [1.29, 1.82) is 0 Å². The van der Waals surface area contributed by atoms with Crippen molar-refractivity contribution in [3.05, 3.63) is 35.1 Å². The minimum Gasteiger partial charge on any atom is -0.377 e. The largest absolute Gasteiger partial charge is 0.377 e. The number of aryl methyl sites for hydroxylation is 1. The van der Waals surface area contributed by atoms with Crippen LogP contribution >= 0.6 is 0 Å². The van der Waals surface area contributed by atoms with Crippen molar-refractivity contribution in [2.45, 2.75) is 52.7 Å². The van der Waals surface area contributed by atoms with E-state index >= 15 is 0 Å². The van der Waals surface area contributed by atoms with Crippen molar-refractivity contribution in [3.8, 4) is 0 Å². The molecule has 2 unspecified atom stereocenters. The number of halogens is 1. The van der Waals surface area contributed by atoms with Gasteiger partial charge in [-0.05, 0) is 50.1 Å². The van der Waals surface area contributed by atoms with E-state index in [2.05, 4.69) is 19.2 Å². The zero-order valence-electron chi connectivity index (χ0n) is 12.5. The molecule has 0 aromatic heterocycles. The van der Waals surface area contributed by atoms with E-state index in [0.29, 0.717) is 6.61 Å². The first-order valence-corrected chi connectivity index (χ1v) is 7.25. The van der Waals surface area contributed by atoms with E-state index in [0.717, 1.165) is 30.5 Å². The summed E-state index contributed by atoms with van der Waals surface area (Å²) in [6, 6.07) is 5.13. The van der Waals surface area contributed by atoms with E-state index in [1.807, 2.05) is 19.9 Å². The van der Waals surface area contributed by atoms with Crippen LogP contribution in [0.3, 0.4) is 0 Å². The SMILES string of the molecule is CCCC(OCC)C(NCC)c1ccc(F)cc1C. The molecule has 1 N–H and O–H groups in total. The molecule has 0 spiro atoms. The summed E-state index contributed by atoms with van der Waals surface area (Å²) in [4.78, 5) is 0. The third-order valence-electron chi connectivity index (χ3n) is 3.32. The smallest absolute Gasteiger partial charge is 0.123 e. The van der Waals surface area contributed by atoms with Gasteiger partial charge in [0.25, 0.3) is 0 Å². The summed E-state index contributed by atoms with van der Waals surface area (Å²) in [6.45, 7) is 9.79. The third-order valence-corrected chi connectivity index (χ3v) is 3.32. The van der Waals surface area contributed by atoms with Crippen LogP contribution in [-0.2, 0) is 4.74 Å². The molecule has 0 aliphatic carbocycles. The molecule has 2 nitrogen and oxygen atoms in total. The van der Waals surface area contributed by atoms with Gasteiger partial charge < -0.3 is 10.1 Å². The van der Waals surface area contributed by atoms with Crippen molar-refractivity contribution >= 4 is 0 Å². The highest BCUT2D eigenvalue weighted by Gasteiger charge is 2.23. The molecule has 19 heavy (non-hydrogen) atoms. The number of ether oxygens (including phenoxy) is 1. The lowest BCUT2D eigenvalue weighted by Gasteiger charge is -2.29. The van der Waals surface area contributed by atoms with Crippen LogP contribution < -0.4 is 5.32 Å². The summed E-state index contributed by atoms with van der Waals surface area (Å²) in [5.41, 5.74) is 2.11. The summed E-state index contributed by atoms with van der Waals surface area (Å²) in [6.07, 6.45) is 2.22. The average Bonchev–Trinajstić information content (AvgIpc) is 2.37. The minimum absolute atomic E-state index is 0.130. The lowest BCUT2D eigenvalue weighted by Crippen LogP contribution is -2.34. The first-order chi connectivity index (χ1) is 9.13. The highest BCUT2D eigenvalue weighted by Crippen LogP contribution is 2.26. The molecule has 0 saturated carbocycles. The van der Waals surface area contributed by atoms with Gasteiger partial charge in [-0.25, -0.2) is 4.39 Å². The molecule has 1 aromatic carbocycles. The second-order valence-electron chi connectivity index (χ2n) is 4.82. The number of rotatable bonds is 8. The van der Waals surface area contributed by atoms with Crippen molar-refractivity contribution in [3.63, 3.8) is 0 Å². The molecule has 0 amide bonds. The van der Waals surface area contributed by atoms with Gasteiger partial charge in [0.2, 0.25) is 0 Å². The molecule has 0 aliphatic rings. The summed E-state index contributed by atoms with van der Waals surface area (Å²) in [7, 11) is 0. The van der Waals surface area contributed by atoms with Crippen molar-refractivity contribution in [2.75, 3.05) is 13.2 Å². The molecular weight excluding hydrogens is 241 g/mol. The second-order valence-corrected chi connectivity index (χ2v) is 4.82. The van der Waals surface area contributed by atoms with Gasteiger partial charge in [-0.2, -0.15) is 0 Å². The Labute approximate surface area is 116 Å². The molecule has 0 fully saturated rings. The Kier molecular flexibility index (Phi) is 7.03. The minimum atomic E-state index is -0.181. The Hall–Kier alpha value is -0.930. The Bertz CT molecular complexity index is 375. The fourth-order valence-electron chi connectivity index (χ4n) is 2.49. The van der Waals surface area contributed by atoms with Crippen molar-refractivity contribution < 1.29 is 9.13 Å². The molecule has 0 bridgehead atoms. The maximum atomic E-state index is 13.2. The van der Waals surface area contributed by atoms with Gasteiger partial charge in [-0.3, -0.25) is 0 Å². The molecule has 0 aliphatic heterocycles. The van der Waals surface area contributed by atoms with Crippen LogP contribution in [0.5, 0.6) is 0 Å². The zero-order chi connectivity index (χ0) is 14.3. The number of hydrogen-bond acceptors (Lipinski definition) is 2. The van der Waals surface area contributed by atoms with Crippen LogP contribution in [0, 0.1) is 12.7 Å². The Morgan fingerprint density at radius 3 is 2.53 bits per heavy atom. The fourth-order valence-corrected chi connectivity index (χ4v) is 2.49. The van der Waals surface area contributed by atoms with Crippen LogP contribution in [-0.4, -0.2) is 19.3 Å². The van der Waals surface area contributed by atoms with E-state index in [4.69, 9.17) is 4.74 Å². The van der Waals surface area contributed by atoms with Crippen LogP contribution in [0.15, 0.2) is 18.2 Å². The first kappa shape index (κ1) is 16.1.